The number of carbonyl (C=O) groups is 2. The number of aliphatic hydroxyl groups is 1. The highest BCUT2D eigenvalue weighted by Gasteiger charge is 2.57. The fourth-order valence-corrected chi connectivity index (χ4v) is 3.07. The van der Waals surface area contributed by atoms with Crippen LogP contribution in [-0.4, -0.2) is 52.0 Å². The Balaban J connectivity index is 2.26. The largest absolute Gasteiger partial charge is 0.456 e. The third-order valence-electron chi connectivity index (χ3n) is 3.84. The Bertz CT molecular complexity index is 467. The molecule has 0 saturated carbocycles. The molecule has 0 aromatic carbocycles. The molecule has 1 heterocycles. The number of esters is 1. The zero-order valence-corrected chi connectivity index (χ0v) is 13.0. The van der Waals surface area contributed by atoms with Gasteiger partial charge >= 0.3 is 12.1 Å². The fourth-order valence-electron chi connectivity index (χ4n) is 3.07. The van der Waals surface area contributed by atoms with Gasteiger partial charge in [-0.05, 0) is 39.7 Å². The Labute approximate surface area is 124 Å². The van der Waals surface area contributed by atoms with E-state index >= 15 is 0 Å². The van der Waals surface area contributed by atoms with Crippen LogP contribution in [0.1, 0.15) is 40.5 Å². The first-order valence-corrected chi connectivity index (χ1v) is 7.21. The first-order valence-electron chi connectivity index (χ1n) is 7.21. The van der Waals surface area contributed by atoms with Gasteiger partial charge in [-0.25, -0.2) is 4.79 Å². The molecule has 2 aliphatic rings. The maximum atomic E-state index is 12.4. The van der Waals surface area contributed by atoms with E-state index in [0.717, 1.165) is 6.42 Å². The summed E-state index contributed by atoms with van der Waals surface area (Å²) in [6.45, 7) is 7.17. The minimum atomic E-state index is -0.937. The van der Waals surface area contributed by atoms with Crippen molar-refractivity contribution in [1.82, 2.24) is 4.90 Å². The molecule has 1 fully saturated rings. The van der Waals surface area contributed by atoms with Crippen LogP contribution in [0.5, 0.6) is 0 Å². The summed E-state index contributed by atoms with van der Waals surface area (Å²) < 4.78 is 10.7. The molecular formula is C15H23NO5. The Morgan fingerprint density at radius 3 is 2.57 bits per heavy atom. The van der Waals surface area contributed by atoms with Gasteiger partial charge in [-0.1, -0.05) is 6.08 Å². The van der Waals surface area contributed by atoms with Gasteiger partial charge in [-0.3, -0.25) is 9.69 Å². The van der Waals surface area contributed by atoms with Crippen LogP contribution in [0.15, 0.2) is 12.2 Å². The van der Waals surface area contributed by atoms with E-state index in [2.05, 4.69) is 0 Å². The molecule has 3 atom stereocenters. The van der Waals surface area contributed by atoms with Crippen LogP contribution in [-0.2, 0) is 14.3 Å². The number of hydrogen-bond donors (Lipinski definition) is 1. The van der Waals surface area contributed by atoms with E-state index in [0.29, 0.717) is 13.0 Å². The standard InChI is InChI=1S/C15H23NO5/c1-10(17)20-12-7-6-11(18)15(12)8-5-9-16(15)13(19)21-14(2,3)4/h6-7,11-12,18H,5,8-9H2,1-4H3/t11-,12+,15?/m0/s1. The molecule has 0 aromatic rings. The summed E-state index contributed by atoms with van der Waals surface area (Å²) in [5.74, 6) is -0.436. The normalized spacial score (nSPS) is 31.8. The highest BCUT2D eigenvalue weighted by molar-refractivity contribution is 5.71. The van der Waals surface area contributed by atoms with Crippen LogP contribution in [0.2, 0.25) is 0 Å². The van der Waals surface area contributed by atoms with Crippen molar-refractivity contribution in [3.8, 4) is 0 Å². The zero-order valence-electron chi connectivity index (χ0n) is 13.0. The Kier molecular flexibility index (Phi) is 4.02. The van der Waals surface area contributed by atoms with E-state index in [4.69, 9.17) is 9.47 Å². The lowest BCUT2D eigenvalue weighted by Gasteiger charge is -2.41. The lowest BCUT2D eigenvalue weighted by Crippen LogP contribution is -2.60. The number of nitrogens with zero attached hydrogens (tertiary/aromatic N) is 1. The van der Waals surface area contributed by atoms with E-state index in [-0.39, 0.29) is 0 Å². The number of rotatable bonds is 1. The first kappa shape index (κ1) is 15.8. The summed E-state index contributed by atoms with van der Waals surface area (Å²) in [5, 5.41) is 10.4. The van der Waals surface area contributed by atoms with Crippen molar-refractivity contribution in [1.29, 1.82) is 0 Å². The van der Waals surface area contributed by atoms with Crippen molar-refractivity contribution < 1.29 is 24.2 Å². The molecular weight excluding hydrogens is 274 g/mol. The number of ether oxygens (including phenoxy) is 2. The lowest BCUT2D eigenvalue weighted by molar-refractivity contribution is -0.152. The van der Waals surface area contributed by atoms with Crippen molar-refractivity contribution in [2.75, 3.05) is 6.54 Å². The first-order chi connectivity index (χ1) is 9.67. The van der Waals surface area contributed by atoms with Crippen LogP contribution in [0, 0.1) is 0 Å². The molecule has 0 radical (unpaired) electrons. The predicted octanol–water partition coefficient (Wildman–Crippen LogP) is 1.62. The summed E-state index contributed by atoms with van der Waals surface area (Å²) in [4.78, 5) is 25.2. The third-order valence-corrected chi connectivity index (χ3v) is 3.84. The van der Waals surface area contributed by atoms with Gasteiger partial charge in [-0.15, -0.1) is 0 Å². The van der Waals surface area contributed by atoms with Gasteiger partial charge in [0.1, 0.15) is 17.2 Å². The van der Waals surface area contributed by atoms with Crippen molar-refractivity contribution in [2.45, 2.75) is 63.9 Å². The molecule has 1 unspecified atom stereocenters. The zero-order chi connectivity index (χ0) is 15.8. The van der Waals surface area contributed by atoms with Gasteiger partial charge in [-0.2, -0.15) is 0 Å². The highest BCUT2D eigenvalue weighted by Crippen LogP contribution is 2.42. The predicted molar refractivity (Wildman–Crippen MR) is 75.6 cm³/mol. The van der Waals surface area contributed by atoms with E-state index < -0.39 is 35.4 Å². The second-order valence-corrected chi connectivity index (χ2v) is 6.59. The van der Waals surface area contributed by atoms with Gasteiger partial charge in [0.2, 0.25) is 0 Å². The summed E-state index contributed by atoms with van der Waals surface area (Å²) in [5.41, 5.74) is -1.55. The molecule has 6 nitrogen and oxygen atoms in total. The van der Waals surface area contributed by atoms with E-state index in [1.807, 2.05) is 0 Å². The molecule has 6 heteroatoms. The number of carbonyl (C=O) groups excluding carboxylic acids is 2. The van der Waals surface area contributed by atoms with Gasteiger partial charge < -0.3 is 14.6 Å². The molecule has 1 aliphatic heterocycles. The van der Waals surface area contributed by atoms with Crippen LogP contribution in [0.3, 0.4) is 0 Å². The molecule has 1 spiro atoms. The average molecular weight is 297 g/mol. The van der Waals surface area contributed by atoms with Gasteiger partial charge in [0.25, 0.3) is 0 Å². The molecule has 1 aliphatic carbocycles. The topological polar surface area (TPSA) is 76.1 Å². The molecule has 1 amide bonds. The Hall–Kier alpha value is -1.56. The smallest absolute Gasteiger partial charge is 0.410 e. The summed E-state index contributed by atoms with van der Waals surface area (Å²) in [6.07, 6.45) is 2.54. The minimum absolute atomic E-state index is 0.436. The lowest BCUT2D eigenvalue weighted by atomic mass is 9.88. The average Bonchev–Trinajstić information content (AvgIpc) is 2.87. The number of amides is 1. The third kappa shape index (κ3) is 2.90. The number of likely N-dealkylation sites (tertiary alicyclic amines) is 1. The Morgan fingerprint density at radius 2 is 2.00 bits per heavy atom. The maximum Gasteiger partial charge on any atom is 0.410 e. The molecule has 118 valence electrons. The fraction of sp³-hybridized carbons (Fsp3) is 0.733. The monoisotopic (exact) mass is 297 g/mol. The van der Waals surface area contributed by atoms with Crippen molar-refractivity contribution >= 4 is 12.1 Å². The van der Waals surface area contributed by atoms with Gasteiger partial charge in [0, 0.05) is 13.5 Å². The second kappa shape index (κ2) is 5.33. The second-order valence-electron chi connectivity index (χ2n) is 6.59. The maximum absolute atomic E-state index is 12.4. The van der Waals surface area contributed by atoms with Crippen LogP contribution in [0.4, 0.5) is 4.79 Å². The van der Waals surface area contributed by atoms with Crippen molar-refractivity contribution in [3.05, 3.63) is 12.2 Å². The summed E-state index contributed by atoms with van der Waals surface area (Å²) in [7, 11) is 0. The molecule has 2 rings (SSSR count). The number of hydrogen-bond acceptors (Lipinski definition) is 5. The highest BCUT2D eigenvalue weighted by atomic mass is 16.6. The molecule has 0 bridgehead atoms. The SMILES string of the molecule is CC(=O)O[C@@H]1C=C[C@H](O)C12CCCN2C(=O)OC(C)(C)C. The van der Waals surface area contributed by atoms with E-state index in [1.54, 1.807) is 32.9 Å². The molecule has 1 saturated heterocycles. The number of aliphatic hydroxyl groups excluding tert-OH is 1. The van der Waals surface area contributed by atoms with Crippen LogP contribution < -0.4 is 0 Å². The minimum Gasteiger partial charge on any atom is -0.456 e. The van der Waals surface area contributed by atoms with Gasteiger partial charge in [0.15, 0.2) is 0 Å². The summed E-state index contributed by atoms with van der Waals surface area (Å²) >= 11 is 0. The quantitative estimate of drug-likeness (QED) is 0.588. The van der Waals surface area contributed by atoms with Crippen LogP contribution >= 0.6 is 0 Å². The molecule has 21 heavy (non-hydrogen) atoms. The molecule has 1 N–H and O–H groups in total. The van der Waals surface area contributed by atoms with E-state index in [1.165, 1.54) is 11.8 Å². The van der Waals surface area contributed by atoms with Crippen molar-refractivity contribution in [3.63, 3.8) is 0 Å². The Morgan fingerprint density at radius 1 is 1.33 bits per heavy atom. The summed E-state index contributed by atoms with van der Waals surface area (Å²) in [6, 6.07) is 0. The van der Waals surface area contributed by atoms with Crippen LogP contribution in [0.25, 0.3) is 0 Å². The van der Waals surface area contributed by atoms with Gasteiger partial charge in [0.05, 0.1) is 6.10 Å². The molecule has 0 aromatic heterocycles. The van der Waals surface area contributed by atoms with Crippen molar-refractivity contribution in [2.24, 2.45) is 0 Å². The van der Waals surface area contributed by atoms with E-state index in [9.17, 15) is 14.7 Å².